The van der Waals surface area contributed by atoms with Crippen molar-refractivity contribution in [2.24, 2.45) is 0 Å². The maximum Gasteiger partial charge on any atom is 0.258 e. The van der Waals surface area contributed by atoms with Gasteiger partial charge in [-0.15, -0.1) is 16.4 Å². The quantitative estimate of drug-likeness (QED) is 0.790. The fraction of sp³-hybridized carbons (Fsp3) is 0.0833. The van der Waals surface area contributed by atoms with Gasteiger partial charge in [-0.05, 0) is 25.1 Å². The number of fused-ring (bicyclic) bond motifs is 1. The summed E-state index contributed by atoms with van der Waals surface area (Å²) in [7, 11) is 0. The van der Waals surface area contributed by atoms with Gasteiger partial charge >= 0.3 is 0 Å². The minimum atomic E-state index is -0.279. The number of carbonyl (C=O) groups excluding carboxylic acids is 1. The van der Waals surface area contributed by atoms with Gasteiger partial charge in [0.1, 0.15) is 0 Å². The molecule has 0 saturated heterocycles. The molecular weight excluding hydrogens is 284 g/mol. The van der Waals surface area contributed by atoms with Crippen molar-refractivity contribution >= 4 is 39.8 Å². The Balaban J connectivity index is 1.86. The lowest BCUT2D eigenvalue weighted by molar-refractivity contribution is 0.102. The molecule has 5 nitrogen and oxygen atoms in total. The molecule has 1 amide bonds. The fourth-order valence-corrected chi connectivity index (χ4v) is 2.64. The maximum absolute atomic E-state index is 12.0. The zero-order valence-corrected chi connectivity index (χ0v) is 11.5. The highest BCUT2D eigenvalue weighted by molar-refractivity contribution is 7.15. The lowest BCUT2D eigenvalue weighted by Gasteiger charge is -2.00. The van der Waals surface area contributed by atoms with Crippen LogP contribution in [-0.2, 0) is 0 Å². The Hall–Kier alpha value is -1.92. The van der Waals surface area contributed by atoms with Gasteiger partial charge in [0.2, 0.25) is 4.96 Å². The number of anilines is 1. The molecule has 0 aliphatic heterocycles. The molecule has 3 rings (SSSR count). The van der Waals surface area contributed by atoms with E-state index < -0.39 is 0 Å². The number of benzene rings is 1. The van der Waals surface area contributed by atoms with Gasteiger partial charge < -0.3 is 0 Å². The first kappa shape index (κ1) is 12.1. The smallest absolute Gasteiger partial charge is 0.258 e. The second-order valence-electron chi connectivity index (χ2n) is 3.97. The molecule has 0 atom stereocenters. The molecule has 0 radical (unpaired) electrons. The van der Waals surface area contributed by atoms with Crippen LogP contribution in [0.2, 0.25) is 5.02 Å². The predicted octanol–water partition coefficient (Wildman–Crippen LogP) is 3.00. The summed E-state index contributed by atoms with van der Waals surface area (Å²) >= 11 is 7.32. The van der Waals surface area contributed by atoms with Gasteiger partial charge in [0.25, 0.3) is 11.9 Å². The first-order chi connectivity index (χ1) is 9.13. The van der Waals surface area contributed by atoms with Gasteiger partial charge in [-0.2, -0.15) is 4.98 Å². The summed E-state index contributed by atoms with van der Waals surface area (Å²) in [6.07, 6.45) is 0. The van der Waals surface area contributed by atoms with Crippen LogP contribution in [0.3, 0.4) is 0 Å². The largest absolute Gasteiger partial charge is 0.289 e. The van der Waals surface area contributed by atoms with Crippen molar-refractivity contribution in [2.45, 2.75) is 6.92 Å². The second kappa shape index (κ2) is 4.64. The molecule has 96 valence electrons. The topological polar surface area (TPSA) is 59.3 Å². The summed E-state index contributed by atoms with van der Waals surface area (Å²) in [4.78, 5) is 17.0. The molecule has 0 bridgehead atoms. The average Bonchev–Trinajstić information content (AvgIpc) is 2.92. The maximum atomic E-state index is 12.0. The molecule has 0 spiro atoms. The normalized spacial score (nSPS) is 10.8. The molecule has 0 saturated carbocycles. The third kappa shape index (κ3) is 2.32. The fourth-order valence-electron chi connectivity index (χ4n) is 1.65. The third-order valence-corrected chi connectivity index (χ3v) is 3.73. The van der Waals surface area contributed by atoms with E-state index in [4.69, 9.17) is 11.6 Å². The number of nitrogens with zero attached hydrogens (tertiary/aromatic N) is 3. The summed E-state index contributed by atoms with van der Waals surface area (Å²) < 4.78 is 1.69. The van der Waals surface area contributed by atoms with E-state index >= 15 is 0 Å². The van der Waals surface area contributed by atoms with Crippen molar-refractivity contribution in [3.63, 3.8) is 0 Å². The Morgan fingerprint density at radius 2 is 2.32 bits per heavy atom. The summed E-state index contributed by atoms with van der Waals surface area (Å²) in [6.45, 7) is 1.93. The van der Waals surface area contributed by atoms with Crippen LogP contribution in [0.15, 0.2) is 29.6 Å². The number of carbonyl (C=O) groups is 1. The summed E-state index contributed by atoms with van der Waals surface area (Å²) in [5.74, 6) is 0.0123. The number of nitrogens with one attached hydrogen (secondary N) is 1. The molecule has 1 N–H and O–H groups in total. The third-order valence-electron chi connectivity index (χ3n) is 2.56. The van der Waals surface area contributed by atoms with Crippen molar-refractivity contribution < 1.29 is 4.79 Å². The van der Waals surface area contributed by atoms with E-state index in [0.717, 1.165) is 10.7 Å². The highest BCUT2D eigenvalue weighted by Gasteiger charge is 2.12. The van der Waals surface area contributed by atoms with Crippen LogP contribution in [0.5, 0.6) is 0 Å². The predicted molar refractivity (Wildman–Crippen MR) is 75.0 cm³/mol. The Morgan fingerprint density at radius 3 is 3.05 bits per heavy atom. The minimum Gasteiger partial charge on any atom is -0.289 e. The van der Waals surface area contributed by atoms with E-state index in [1.54, 1.807) is 28.8 Å². The number of rotatable bonds is 2. The van der Waals surface area contributed by atoms with E-state index in [9.17, 15) is 4.79 Å². The van der Waals surface area contributed by atoms with E-state index in [1.807, 2.05) is 12.3 Å². The second-order valence-corrected chi connectivity index (χ2v) is 5.24. The zero-order valence-electron chi connectivity index (χ0n) is 9.92. The van der Waals surface area contributed by atoms with Crippen LogP contribution in [0.4, 0.5) is 5.95 Å². The number of hydrogen-bond acceptors (Lipinski definition) is 4. The van der Waals surface area contributed by atoms with Gasteiger partial charge in [-0.3, -0.25) is 10.1 Å². The standard InChI is InChI=1S/C12H9ClN4OS/c1-7-6-19-12-15-11(16-17(7)12)14-10(18)8-3-2-4-9(13)5-8/h2-6H,1H3,(H,14,16,18). The van der Waals surface area contributed by atoms with Gasteiger partial charge in [0.15, 0.2) is 0 Å². The first-order valence-electron chi connectivity index (χ1n) is 5.51. The molecule has 3 aromatic rings. The van der Waals surface area contributed by atoms with Crippen LogP contribution in [0, 0.1) is 6.92 Å². The Morgan fingerprint density at radius 1 is 1.47 bits per heavy atom. The molecule has 7 heteroatoms. The lowest BCUT2D eigenvalue weighted by Crippen LogP contribution is -2.13. The molecule has 0 aliphatic rings. The highest BCUT2D eigenvalue weighted by Crippen LogP contribution is 2.16. The molecule has 0 unspecified atom stereocenters. The van der Waals surface area contributed by atoms with Crippen LogP contribution in [0.25, 0.3) is 4.96 Å². The van der Waals surface area contributed by atoms with E-state index in [1.165, 1.54) is 11.3 Å². The first-order valence-corrected chi connectivity index (χ1v) is 6.77. The molecular formula is C12H9ClN4OS. The number of thiazole rings is 1. The molecule has 1 aromatic carbocycles. The summed E-state index contributed by atoms with van der Waals surface area (Å²) in [5, 5.41) is 9.34. The van der Waals surface area contributed by atoms with Gasteiger partial charge in [-0.1, -0.05) is 17.7 Å². The Kier molecular flexibility index (Phi) is 2.96. The number of amides is 1. The van der Waals surface area contributed by atoms with Crippen LogP contribution >= 0.6 is 22.9 Å². The number of aryl methyl sites for hydroxylation is 1. The molecule has 19 heavy (non-hydrogen) atoms. The van der Waals surface area contributed by atoms with Crippen molar-refractivity contribution in [3.05, 3.63) is 45.9 Å². The summed E-state index contributed by atoms with van der Waals surface area (Å²) in [6, 6.07) is 6.72. The van der Waals surface area contributed by atoms with Crippen LogP contribution in [0.1, 0.15) is 16.1 Å². The highest BCUT2D eigenvalue weighted by atomic mass is 35.5. The Labute approximate surface area is 117 Å². The lowest BCUT2D eigenvalue weighted by atomic mass is 10.2. The summed E-state index contributed by atoms with van der Waals surface area (Å²) in [5.41, 5.74) is 1.46. The molecule has 2 aromatic heterocycles. The Bertz CT molecular complexity index is 764. The van der Waals surface area contributed by atoms with Gasteiger partial charge in [-0.25, -0.2) is 4.52 Å². The zero-order chi connectivity index (χ0) is 13.4. The SMILES string of the molecule is Cc1csc2nc(NC(=O)c3cccc(Cl)c3)nn12. The van der Waals surface area contributed by atoms with E-state index in [2.05, 4.69) is 15.4 Å². The van der Waals surface area contributed by atoms with Crippen LogP contribution in [-0.4, -0.2) is 20.5 Å². The van der Waals surface area contributed by atoms with Crippen molar-refractivity contribution in [1.29, 1.82) is 0 Å². The van der Waals surface area contributed by atoms with Crippen molar-refractivity contribution in [1.82, 2.24) is 14.6 Å². The number of hydrogen-bond donors (Lipinski definition) is 1. The molecule has 0 aliphatic carbocycles. The van der Waals surface area contributed by atoms with E-state index in [0.29, 0.717) is 16.5 Å². The van der Waals surface area contributed by atoms with Gasteiger partial charge in [0.05, 0.1) is 5.69 Å². The monoisotopic (exact) mass is 292 g/mol. The van der Waals surface area contributed by atoms with Crippen molar-refractivity contribution in [2.75, 3.05) is 5.32 Å². The van der Waals surface area contributed by atoms with Gasteiger partial charge in [0, 0.05) is 16.0 Å². The average molecular weight is 293 g/mol. The van der Waals surface area contributed by atoms with E-state index in [-0.39, 0.29) is 5.91 Å². The van der Waals surface area contributed by atoms with Crippen LogP contribution < -0.4 is 5.32 Å². The number of halogens is 1. The number of aromatic nitrogens is 3. The molecule has 0 fully saturated rings. The minimum absolute atomic E-state index is 0.279. The van der Waals surface area contributed by atoms with Crippen molar-refractivity contribution in [3.8, 4) is 0 Å². The molecule has 2 heterocycles.